The summed E-state index contributed by atoms with van der Waals surface area (Å²) in [6, 6.07) is 3.21. The second-order valence-electron chi connectivity index (χ2n) is 3.58. The standard InChI is InChI=1S/C10H10FN5O2/c11-7-1-2-9(16(17)18)8(3-7)13-4-6-5-14-15-10(6)12/h1-3,5,13H,4H2,(H3,12,14,15). The largest absolute Gasteiger partial charge is 0.384 e. The zero-order valence-corrected chi connectivity index (χ0v) is 9.18. The van der Waals surface area contributed by atoms with Crippen molar-refractivity contribution < 1.29 is 9.31 Å². The molecule has 4 N–H and O–H groups in total. The third-order valence-electron chi connectivity index (χ3n) is 2.38. The fourth-order valence-corrected chi connectivity index (χ4v) is 1.46. The van der Waals surface area contributed by atoms with Crippen LogP contribution in [0, 0.1) is 15.9 Å². The summed E-state index contributed by atoms with van der Waals surface area (Å²) < 4.78 is 13.0. The molecule has 0 unspecified atom stereocenters. The lowest BCUT2D eigenvalue weighted by atomic mass is 10.2. The summed E-state index contributed by atoms with van der Waals surface area (Å²) in [7, 11) is 0. The van der Waals surface area contributed by atoms with Crippen LogP contribution < -0.4 is 11.1 Å². The first-order valence-corrected chi connectivity index (χ1v) is 5.03. The Morgan fingerprint density at radius 1 is 1.56 bits per heavy atom. The van der Waals surface area contributed by atoms with Gasteiger partial charge in [0, 0.05) is 24.2 Å². The van der Waals surface area contributed by atoms with Crippen LogP contribution in [0.3, 0.4) is 0 Å². The smallest absolute Gasteiger partial charge is 0.292 e. The van der Waals surface area contributed by atoms with Crippen LogP contribution in [0.1, 0.15) is 5.56 Å². The zero-order valence-electron chi connectivity index (χ0n) is 9.18. The van der Waals surface area contributed by atoms with Gasteiger partial charge in [-0.1, -0.05) is 0 Å². The number of aromatic amines is 1. The van der Waals surface area contributed by atoms with Crippen LogP contribution in [0.2, 0.25) is 0 Å². The highest BCUT2D eigenvalue weighted by Gasteiger charge is 2.14. The number of nitrogens with one attached hydrogen (secondary N) is 2. The van der Waals surface area contributed by atoms with Gasteiger partial charge in [0.15, 0.2) is 0 Å². The van der Waals surface area contributed by atoms with Crippen LogP contribution in [0.15, 0.2) is 24.4 Å². The maximum atomic E-state index is 13.0. The van der Waals surface area contributed by atoms with E-state index < -0.39 is 10.7 Å². The molecule has 0 radical (unpaired) electrons. The molecule has 0 saturated carbocycles. The predicted octanol–water partition coefficient (Wildman–Crippen LogP) is 1.65. The van der Waals surface area contributed by atoms with Gasteiger partial charge in [0.25, 0.3) is 5.69 Å². The molecule has 1 heterocycles. The average molecular weight is 251 g/mol. The summed E-state index contributed by atoms with van der Waals surface area (Å²) in [4.78, 5) is 10.2. The number of nitrogens with zero attached hydrogens (tertiary/aromatic N) is 2. The quantitative estimate of drug-likeness (QED) is 0.565. The highest BCUT2D eigenvalue weighted by atomic mass is 19.1. The van der Waals surface area contributed by atoms with Crippen molar-refractivity contribution in [2.45, 2.75) is 6.54 Å². The van der Waals surface area contributed by atoms with Crippen molar-refractivity contribution in [2.24, 2.45) is 0 Å². The first-order chi connectivity index (χ1) is 8.58. The zero-order chi connectivity index (χ0) is 13.1. The van der Waals surface area contributed by atoms with E-state index >= 15 is 0 Å². The molecule has 7 nitrogen and oxygen atoms in total. The van der Waals surface area contributed by atoms with Gasteiger partial charge in [-0.05, 0) is 6.07 Å². The molecule has 0 fully saturated rings. The minimum absolute atomic E-state index is 0.0978. The third kappa shape index (κ3) is 2.37. The Bertz CT molecular complexity index is 583. The Hall–Kier alpha value is -2.64. The van der Waals surface area contributed by atoms with E-state index in [2.05, 4.69) is 15.5 Å². The van der Waals surface area contributed by atoms with E-state index in [0.29, 0.717) is 11.4 Å². The normalized spacial score (nSPS) is 10.3. The Morgan fingerprint density at radius 2 is 2.33 bits per heavy atom. The maximum absolute atomic E-state index is 13.0. The number of nitro benzene ring substituents is 1. The molecular weight excluding hydrogens is 241 g/mol. The van der Waals surface area contributed by atoms with Gasteiger partial charge in [0.2, 0.25) is 0 Å². The fraction of sp³-hybridized carbons (Fsp3) is 0.100. The monoisotopic (exact) mass is 251 g/mol. The second-order valence-corrected chi connectivity index (χ2v) is 3.58. The molecule has 2 rings (SSSR count). The number of nitro groups is 1. The van der Waals surface area contributed by atoms with Crippen molar-refractivity contribution in [2.75, 3.05) is 11.1 Å². The molecule has 0 bridgehead atoms. The summed E-state index contributed by atoms with van der Waals surface area (Å²) in [6.07, 6.45) is 1.49. The fourth-order valence-electron chi connectivity index (χ4n) is 1.46. The van der Waals surface area contributed by atoms with Crippen molar-refractivity contribution in [1.29, 1.82) is 0 Å². The Morgan fingerprint density at radius 3 is 2.94 bits per heavy atom. The lowest BCUT2D eigenvalue weighted by Gasteiger charge is -2.06. The number of rotatable bonds is 4. The summed E-state index contributed by atoms with van der Waals surface area (Å²) in [6.45, 7) is 0.215. The maximum Gasteiger partial charge on any atom is 0.292 e. The van der Waals surface area contributed by atoms with Gasteiger partial charge in [0.1, 0.15) is 17.3 Å². The van der Waals surface area contributed by atoms with Crippen LogP contribution in [0.25, 0.3) is 0 Å². The highest BCUT2D eigenvalue weighted by Crippen LogP contribution is 2.25. The molecule has 1 aromatic carbocycles. The van der Waals surface area contributed by atoms with Crippen molar-refractivity contribution in [3.63, 3.8) is 0 Å². The van der Waals surface area contributed by atoms with Crippen LogP contribution >= 0.6 is 0 Å². The van der Waals surface area contributed by atoms with Gasteiger partial charge in [-0.25, -0.2) is 4.39 Å². The molecule has 2 aromatic rings. The molecule has 0 saturated heterocycles. The first kappa shape index (κ1) is 11.8. The summed E-state index contributed by atoms with van der Waals surface area (Å²) in [5.41, 5.74) is 6.12. The van der Waals surface area contributed by atoms with E-state index in [1.54, 1.807) is 0 Å². The number of halogens is 1. The van der Waals surface area contributed by atoms with Gasteiger partial charge in [-0.2, -0.15) is 5.10 Å². The molecule has 0 atom stereocenters. The molecule has 94 valence electrons. The van der Waals surface area contributed by atoms with E-state index in [9.17, 15) is 14.5 Å². The van der Waals surface area contributed by atoms with Crippen molar-refractivity contribution in [3.8, 4) is 0 Å². The van der Waals surface area contributed by atoms with Crippen molar-refractivity contribution >= 4 is 17.2 Å². The van der Waals surface area contributed by atoms with Gasteiger partial charge >= 0.3 is 0 Å². The van der Waals surface area contributed by atoms with Crippen LogP contribution in [-0.4, -0.2) is 15.1 Å². The Labute approximate surface area is 101 Å². The van der Waals surface area contributed by atoms with Gasteiger partial charge in [0.05, 0.1) is 11.1 Å². The van der Waals surface area contributed by atoms with Crippen molar-refractivity contribution in [3.05, 3.63) is 45.9 Å². The number of H-pyrrole nitrogens is 1. The molecule has 0 aliphatic carbocycles. The first-order valence-electron chi connectivity index (χ1n) is 5.03. The summed E-state index contributed by atoms with van der Waals surface area (Å²) in [5.74, 6) is -0.190. The number of benzene rings is 1. The molecule has 0 aliphatic heterocycles. The van der Waals surface area contributed by atoms with Crippen molar-refractivity contribution in [1.82, 2.24) is 10.2 Å². The van der Waals surface area contributed by atoms with Crippen LogP contribution in [-0.2, 0) is 6.54 Å². The molecule has 0 spiro atoms. The van der Waals surface area contributed by atoms with E-state index in [4.69, 9.17) is 5.73 Å². The average Bonchev–Trinajstić information content (AvgIpc) is 2.72. The lowest BCUT2D eigenvalue weighted by Crippen LogP contribution is -2.04. The van der Waals surface area contributed by atoms with Gasteiger partial charge in [-0.3, -0.25) is 15.2 Å². The number of nitrogen functional groups attached to an aromatic ring is 1. The number of hydrogen-bond acceptors (Lipinski definition) is 5. The second kappa shape index (κ2) is 4.70. The molecule has 0 amide bonds. The van der Waals surface area contributed by atoms with Crippen LogP contribution in [0.5, 0.6) is 0 Å². The summed E-state index contributed by atoms with van der Waals surface area (Å²) >= 11 is 0. The number of hydrogen-bond donors (Lipinski definition) is 3. The SMILES string of the molecule is Nc1[nH]ncc1CNc1cc(F)ccc1[N+](=O)[O-]. The van der Waals surface area contributed by atoms with Gasteiger partial charge < -0.3 is 11.1 Å². The topological polar surface area (TPSA) is 110 Å². The van der Waals surface area contributed by atoms with E-state index in [1.165, 1.54) is 6.20 Å². The van der Waals surface area contributed by atoms with E-state index in [1.807, 2.05) is 0 Å². The minimum atomic E-state index is -0.583. The molecule has 1 aromatic heterocycles. The molecular formula is C10H10FN5O2. The Balaban J connectivity index is 2.20. The lowest BCUT2D eigenvalue weighted by molar-refractivity contribution is -0.384. The highest BCUT2D eigenvalue weighted by molar-refractivity contribution is 5.61. The predicted molar refractivity (Wildman–Crippen MR) is 63.4 cm³/mol. The van der Waals surface area contributed by atoms with Crippen LogP contribution in [0.4, 0.5) is 21.6 Å². The Kier molecular flexibility index (Phi) is 3.09. The van der Waals surface area contributed by atoms with E-state index in [-0.39, 0.29) is 17.9 Å². The third-order valence-corrected chi connectivity index (χ3v) is 2.38. The number of anilines is 2. The molecule has 8 heteroatoms. The minimum Gasteiger partial charge on any atom is -0.384 e. The van der Waals surface area contributed by atoms with Gasteiger partial charge in [-0.15, -0.1) is 0 Å². The number of aromatic nitrogens is 2. The molecule has 0 aliphatic rings. The van der Waals surface area contributed by atoms with E-state index in [0.717, 1.165) is 18.2 Å². The number of nitrogens with two attached hydrogens (primary N) is 1. The molecule has 18 heavy (non-hydrogen) atoms. The summed E-state index contributed by atoms with van der Waals surface area (Å²) in [5, 5.41) is 19.8.